The van der Waals surface area contributed by atoms with Gasteiger partial charge in [-0.05, 0) is 19.1 Å². The molecule has 0 saturated heterocycles. The van der Waals surface area contributed by atoms with Crippen molar-refractivity contribution in [2.45, 2.75) is 6.92 Å². The summed E-state index contributed by atoms with van der Waals surface area (Å²) < 4.78 is 0. The zero-order chi connectivity index (χ0) is 10.1. The number of aromatic hydroxyl groups is 1. The average molecular weight is 188 g/mol. The molecule has 2 aromatic heterocycles. The van der Waals surface area contributed by atoms with E-state index in [1.165, 1.54) is 0 Å². The quantitative estimate of drug-likeness (QED) is 0.688. The molecule has 0 aliphatic carbocycles. The van der Waals surface area contributed by atoms with E-state index in [-0.39, 0.29) is 11.3 Å². The molecule has 1 N–H and O–H groups in total. The number of aromatic nitrogens is 2. The van der Waals surface area contributed by atoms with Gasteiger partial charge in [0.15, 0.2) is 6.29 Å². The van der Waals surface area contributed by atoms with Gasteiger partial charge in [-0.15, -0.1) is 0 Å². The molecule has 0 bridgehead atoms. The molecular weight excluding hydrogens is 180 g/mol. The molecule has 4 heteroatoms. The highest BCUT2D eigenvalue weighted by Crippen LogP contribution is 2.24. The lowest BCUT2D eigenvalue weighted by molar-refractivity contribution is 0.112. The molecule has 0 aliphatic rings. The number of rotatable bonds is 1. The molecule has 4 nitrogen and oxygen atoms in total. The van der Waals surface area contributed by atoms with Crippen LogP contribution in [0.4, 0.5) is 0 Å². The Hall–Kier alpha value is -1.97. The first-order valence-corrected chi connectivity index (χ1v) is 4.13. The van der Waals surface area contributed by atoms with Gasteiger partial charge in [-0.25, -0.2) is 4.98 Å². The van der Waals surface area contributed by atoms with Crippen molar-refractivity contribution in [3.63, 3.8) is 0 Å². The molecule has 0 saturated carbocycles. The number of aldehydes is 1. The Morgan fingerprint density at radius 3 is 3.00 bits per heavy atom. The second-order valence-electron chi connectivity index (χ2n) is 2.95. The number of hydrogen-bond donors (Lipinski definition) is 1. The third-order valence-electron chi connectivity index (χ3n) is 2.05. The lowest BCUT2D eigenvalue weighted by Gasteiger charge is -2.04. The SMILES string of the molecule is Cc1nc2cccnc2c(C=O)c1O. The number of aryl methyl sites for hydroxylation is 1. The lowest BCUT2D eigenvalue weighted by Crippen LogP contribution is -1.94. The number of carbonyl (C=O) groups excluding carboxylic acids is 1. The fourth-order valence-electron chi connectivity index (χ4n) is 1.35. The molecule has 0 radical (unpaired) electrons. The summed E-state index contributed by atoms with van der Waals surface area (Å²) in [5.41, 5.74) is 1.69. The number of carbonyl (C=O) groups is 1. The van der Waals surface area contributed by atoms with Crippen LogP contribution in [-0.4, -0.2) is 21.4 Å². The van der Waals surface area contributed by atoms with E-state index >= 15 is 0 Å². The molecule has 70 valence electrons. The van der Waals surface area contributed by atoms with Crippen molar-refractivity contribution < 1.29 is 9.90 Å². The molecule has 0 unspecified atom stereocenters. The van der Waals surface area contributed by atoms with Crippen LogP contribution >= 0.6 is 0 Å². The summed E-state index contributed by atoms with van der Waals surface area (Å²) in [6, 6.07) is 3.49. The van der Waals surface area contributed by atoms with E-state index in [1.807, 2.05) is 0 Å². The first-order valence-electron chi connectivity index (χ1n) is 4.13. The summed E-state index contributed by atoms with van der Waals surface area (Å²) in [4.78, 5) is 18.9. The number of nitrogens with zero attached hydrogens (tertiary/aromatic N) is 2. The molecule has 14 heavy (non-hydrogen) atoms. The zero-order valence-corrected chi connectivity index (χ0v) is 7.56. The average Bonchev–Trinajstić information content (AvgIpc) is 2.20. The minimum absolute atomic E-state index is 0.0915. The van der Waals surface area contributed by atoms with Crippen molar-refractivity contribution in [2.24, 2.45) is 0 Å². The molecule has 0 atom stereocenters. The van der Waals surface area contributed by atoms with Gasteiger partial charge in [-0.2, -0.15) is 0 Å². The second-order valence-corrected chi connectivity index (χ2v) is 2.95. The van der Waals surface area contributed by atoms with E-state index in [1.54, 1.807) is 25.3 Å². The van der Waals surface area contributed by atoms with Crippen LogP contribution in [0.2, 0.25) is 0 Å². The van der Waals surface area contributed by atoms with Crippen molar-refractivity contribution in [3.05, 3.63) is 29.6 Å². The summed E-state index contributed by atoms with van der Waals surface area (Å²) in [5.74, 6) is -0.0915. The van der Waals surface area contributed by atoms with Crippen LogP contribution in [0.5, 0.6) is 5.75 Å². The van der Waals surface area contributed by atoms with Gasteiger partial charge in [0.05, 0.1) is 16.8 Å². The Morgan fingerprint density at radius 2 is 2.29 bits per heavy atom. The van der Waals surface area contributed by atoms with E-state index in [0.717, 1.165) is 0 Å². The minimum Gasteiger partial charge on any atom is -0.505 e. The summed E-state index contributed by atoms with van der Waals surface area (Å²) in [6.07, 6.45) is 2.16. The van der Waals surface area contributed by atoms with Gasteiger partial charge in [0.1, 0.15) is 11.3 Å². The van der Waals surface area contributed by atoms with Crippen molar-refractivity contribution in [1.29, 1.82) is 0 Å². The van der Waals surface area contributed by atoms with Gasteiger partial charge in [-0.1, -0.05) is 0 Å². The number of fused-ring (bicyclic) bond motifs is 1. The maximum Gasteiger partial charge on any atom is 0.156 e. The Balaban J connectivity index is 2.96. The highest BCUT2D eigenvalue weighted by Gasteiger charge is 2.11. The highest BCUT2D eigenvalue weighted by atomic mass is 16.3. The topological polar surface area (TPSA) is 63.1 Å². The van der Waals surface area contributed by atoms with Gasteiger partial charge in [0.25, 0.3) is 0 Å². The van der Waals surface area contributed by atoms with Gasteiger partial charge in [0.2, 0.25) is 0 Å². The molecule has 0 spiro atoms. The maximum absolute atomic E-state index is 10.8. The van der Waals surface area contributed by atoms with E-state index in [4.69, 9.17) is 0 Å². The van der Waals surface area contributed by atoms with Crippen LogP contribution in [0.25, 0.3) is 11.0 Å². The van der Waals surface area contributed by atoms with E-state index in [0.29, 0.717) is 23.0 Å². The first-order chi connectivity index (χ1) is 6.74. The van der Waals surface area contributed by atoms with Crippen molar-refractivity contribution >= 4 is 17.3 Å². The highest BCUT2D eigenvalue weighted by molar-refractivity contribution is 5.96. The molecule has 2 aromatic rings. The normalized spacial score (nSPS) is 10.4. The Morgan fingerprint density at radius 1 is 1.50 bits per heavy atom. The third-order valence-corrected chi connectivity index (χ3v) is 2.05. The van der Waals surface area contributed by atoms with E-state index in [9.17, 15) is 9.90 Å². The predicted molar refractivity (Wildman–Crippen MR) is 51.3 cm³/mol. The molecular formula is C10H8N2O2. The smallest absolute Gasteiger partial charge is 0.156 e. The lowest BCUT2D eigenvalue weighted by atomic mass is 10.1. The fraction of sp³-hybridized carbons (Fsp3) is 0.100. The Kier molecular flexibility index (Phi) is 1.89. The molecule has 2 rings (SSSR count). The van der Waals surface area contributed by atoms with Crippen LogP contribution < -0.4 is 0 Å². The second kappa shape index (κ2) is 3.06. The van der Waals surface area contributed by atoms with Crippen LogP contribution in [0.15, 0.2) is 18.3 Å². The third kappa shape index (κ3) is 1.12. The van der Waals surface area contributed by atoms with Crippen LogP contribution in [0.3, 0.4) is 0 Å². The zero-order valence-electron chi connectivity index (χ0n) is 7.56. The number of hydrogen-bond acceptors (Lipinski definition) is 4. The Bertz CT molecular complexity index is 509. The molecule has 0 aliphatic heterocycles. The maximum atomic E-state index is 10.8. The number of pyridine rings is 2. The summed E-state index contributed by atoms with van der Waals surface area (Å²) >= 11 is 0. The Labute approximate surface area is 80.2 Å². The van der Waals surface area contributed by atoms with Crippen molar-refractivity contribution in [1.82, 2.24) is 9.97 Å². The molecule has 2 heterocycles. The van der Waals surface area contributed by atoms with E-state index in [2.05, 4.69) is 9.97 Å². The van der Waals surface area contributed by atoms with Gasteiger partial charge in [-0.3, -0.25) is 9.78 Å². The van der Waals surface area contributed by atoms with Gasteiger partial charge in [0, 0.05) is 6.20 Å². The summed E-state index contributed by atoms with van der Waals surface area (Å²) in [6.45, 7) is 1.65. The predicted octanol–water partition coefficient (Wildman–Crippen LogP) is 1.46. The molecule has 0 fully saturated rings. The van der Waals surface area contributed by atoms with Gasteiger partial charge >= 0.3 is 0 Å². The first kappa shape index (κ1) is 8.62. The standard InChI is InChI=1S/C10H8N2O2/c1-6-10(14)7(5-13)9-8(12-6)3-2-4-11-9/h2-5,14H,1H3. The summed E-state index contributed by atoms with van der Waals surface area (Å²) in [7, 11) is 0. The largest absolute Gasteiger partial charge is 0.505 e. The van der Waals surface area contributed by atoms with Gasteiger partial charge < -0.3 is 5.11 Å². The minimum atomic E-state index is -0.0915. The van der Waals surface area contributed by atoms with Crippen LogP contribution in [0, 0.1) is 6.92 Å². The molecule has 0 aromatic carbocycles. The van der Waals surface area contributed by atoms with Crippen molar-refractivity contribution in [3.8, 4) is 5.75 Å². The van der Waals surface area contributed by atoms with Crippen LogP contribution in [-0.2, 0) is 0 Å². The monoisotopic (exact) mass is 188 g/mol. The molecule has 0 amide bonds. The summed E-state index contributed by atoms with van der Waals surface area (Å²) in [5, 5.41) is 9.56. The van der Waals surface area contributed by atoms with Crippen LogP contribution in [0.1, 0.15) is 16.1 Å². The van der Waals surface area contributed by atoms with Crippen molar-refractivity contribution in [2.75, 3.05) is 0 Å². The fourth-order valence-corrected chi connectivity index (χ4v) is 1.35. The van der Waals surface area contributed by atoms with E-state index < -0.39 is 0 Å².